The van der Waals surface area contributed by atoms with Crippen LogP contribution in [0.1, 0.15) is 57.3 Å². The van der Waals surface area contributed by atoms with Gasteiger partial charge in [-0.1, -0.05) is 69.3 Å². The number of hydrogen-bond acceptors (Lipinski definition) is 2. The number of hydrogen-bond donors (Lipinski definition) is 1. The summed E-state index contributed by atoms with van der Waals surface area (Å²) in [5.74, 6) is 0.700. The van der Waals surface area contributed by atoms with Crippen LogP contribution >= 0.6 is 11.8 Å². The lowest BCUT2D eigenvalue weighted by molar-refractivity contribution is -0.0268. The summed E-state index contributed by atoms with van der Waals surface area (Å²) < 4.78 is 0. The topological polar surface area (TPSA) is 20.2 Å². The summed E-state index contributed by atoms with van der Waals surface area (Å²) in [5.41, 5.74) is 0.924. The predicted octanol–water partition coefficient (Wildman–Crippen LogP) is 6.49. The lowest BCUT2D eigenvalue weighted by Gasteiger charge is -2.45. The van der Waals surface area contributed by atoms with E-state index in [1.165, 1.54) is 10.5 Å². The maximum absolute atomic E-state index is 11.6. The zero-order chi connectivity index (χ0) is 17.9. The third-order valence-electron chi connectivity index (χ3n) is 5.66. The second kappa shape index (κ2) is 7.55. The van der Waals surface area contributed by atoms with Crippen LogP contribution in [0, 0.1) is 11.3 Å². The summed E-state index contributed by atoms with van der Waals surface area (Å²) in [6.07, 6.45) is 3.99. The van der Waals surface area contributed by atoms with Gasteiger partial charge in [0.25, 0.3) is 0 Å². The summed E-state index contributed by atoms with van der Waals surface area (Å²) in [6, 6.07) is 21.0. The molecule has 1 N–H and O–H groups in total. The number of aliphatic hydroxyl groups is 1. The Morgan fingerprint density at radius 2 is 1.44 bits per heavy atom. The third kappa shape index (κ3) is 4.48. The molecular formula is C23H30OS. The van der Waals surface area contributed by atoms with Gasteiger partial charge in [0.2, 0.25) is 0 Å². The molecule has 1 fully saturated rings. The molecule has 0 spiro atoms. The van der Waals surface area contributed by atoms with Crippen LogP contribution in [0.25, 0.3) is 0 Å². The molecule has 2 aromatic carbocycles. The SMILES string of the molecule is CC(C)(C)C1CCC(O)([C@@H](Sc2ccccc2)c2ccccc2)CC1. The molecule has 1 atom stereocenters. The molecular weight excluding hydrogens is 324 g/mol. The van der Waals surface area contributed by atoms with Crippen molar-refractivity contribution in [3.8, 4) is 0 Å². The van der Waals surface area contributed by atoms with Gasteiger partial charge in [-0.2, -0.15) is 0 Å². The molecule has 1 nitrogen and oxygen atoms in total. The fourth-order valence-electron chi connectivity index (χ4n) is 4.00. The highest BCUT2D eigenvalue weighted by molar-refractivity contribution is 7.99. The fraction of sp³-hybridized carbons (Fsp3) is 0.478. The van der Waals surface area contributed by atoms with Crippen molar-refractivity contribution in [2.24, 2.45) is 11.3 Å². The minimum Gasteiger partial charge on any atom is -0.388 e. The van der Waals surface area contributed by atoms with E-state index >= 15 is 0 Å². The minimum atomic E-state index is -0.635. The number of thioether (sulfide) groups is 1. The zero-order valence-electron chi connectivity index (χ0n) is 15.6. The molecule has 0 radical (unpaired) electrons. The highest BCUT2D eigenvalue weighted by Gasteiger charge is 2.43. The monoisotopic (exact) mass is 354 g/mol. The Bertz CT molecular complexity index is 651. The summed E-state index contributed by atoms with van der Waals surface area (Å²) in [6.45, 7) is 6.99. The molecule has 0 heterocycles. The summed E-state index contributed by atoms with van der Waals surface area (Å²) in [4.78, 5) is 1.22. The van der Waals surface area contributed by atoms with Gasteiger partial charge in [-0.3, -0.25) is 0 Å². The van der Waals surface area contributed by atoms with E-state index in [1.54, 1.807) is 11.8 Å². The van der Waals surface area contributed by atoms with Crippen LogP contribution in [0.2, 0.25) is 0 Å². The maximum atomic E-state index is 11.6. The average Bonchev–Trinajstić information content (AvgIpc) is 2.61. The van der Waals surface area contributed by atoms with Crippen LogP contribution in [0.4, 0.5) is 0 Å². The molecule has 0 amide bonds. The lowest BCUT2D eigenvalue weighted by atomic mass is 9.67. The lowest BCUT2D eigenvalue weighted by Crippen LogP contribution is -2.41. The van der Waals surface area contributed by atoms with Crippen LogP contribution in [-0.2, 0) is 0 Å². The first-order valence-electron chi connectivity index (χ1n) is 9.37. The Morgan fingerprint density at radius 1 is 0.920 bits per heavy atom. The van der Waals surface area contributed by atoms with E-state index < -0.39 is 5.60 Å². The fourth-order valence-corrected chi connectivity index (χ4v) is 5.33. The van der Waals surface area contributed by atoms with Crippen molar-refractivity contribution < 1.29 is 5.11 Å². The van der Waals surface area contributed by atoms with E-state index in [1.807, 2.05) is 12.1 Å². The van der Waals surface area contributed by atoms with Crippen molar-refractivity contribution >= 4 is 11.8 Å². The van der Waals surface area contributed by atoms with Crippen LogP contribution in [-0.4, -0.2) is 10.7 Å². The second-order valence-electron chi connectivity index (χ2n) is 8.47. The Morgan fingerprint density at radius 3 is 1.96 bits per heavy atom. The standard InChI is InChI=1S/C23H30OS/c1-22(2,3)19-14-16-23(24,17-15-19)21(18-10-6-4-7-11-18)25-20-12-8-5-9-13-20/h4-13,19,21,24H,14-17H2,1-3H3/t19?,21-,23?/m0/s1. The van der Waals surface area contributed by atoms with Crippen LogP contribution in [0.5, 0.6) is 0 Å². The molecule has 1 saturated carbocycles. The first-order chi connectivity index (χ1) is 11.9. The molecule has 2 aromatic rings. The van der Waals surface area contributed by atoms with Gasteiger partial charge < -0.3 is 5.11 Å². The van der Waals surface area contributed by atoms with Gasteiger partial charge in [0, 0.05) is 4.90 Å². The van der Waals surface area contributed by atoms with E-state index in [0.717, 1.165) is 25.7 Å². The van der Waals surface area contributed by atoms with Gasteiger partial charge >= 0.3 is 0 Å². The van der Waals surface area contributed by atoms with Crippen molar-refractivity contribution in [1.82, 2.24) is 0 Å². The second-order valence-corrected chi connectivity index (χ2v) is 9.64. The smallest absolute Gasteiger partial charge is 0.0810 e. The molecule has 2 heteroatoms. The van der Waals surface area contributed by atoms with E-state index in [9.17, 15) is 5.11 Å². The zero-order valence-corrected chi connectivity index (χ0v) is 16.4. The quantitative estimate of drug-likeness (QED) is 0.633. The minimum absolute atomic E-state index is 0.0806. The van der Waals surface area contributed by atoms with Crippen molar-refractivity contribution in [2.75, 3.05) is 0 Å². The van der Waals surface area contributed by atoms with Crippen LogP contribution in [0.3, 0.4) is 0 Å². The van der Waals surface area contributed by atoms with Crippen molar-refractivity contribution in [3.63, 3.8) is 0 Å². The highest BCUT2D eigenvalue weighted by Crippen LogP contribution is 2.51. The summed E-state index contributed by atoms with van der Waals surface area (Å²) >= 11 is 1.81. The first kappa shape index (κ1) is 18.5. The van der Waals surface area contributed by atoms with Gasteiger partial charge in [0.05, 0.1) is 10.9 Å². The van der Waals surface area contributed by atoms with E-state index in [0.29, 0.717) is 11.3 Å². The molecule has 134 valence electrons. The Kier molecular flexibility index (Phi) is 5.60. The van der Waals surface area contributed by atoms with Crippen LogP contribution < -0.4 is 0 Å². The molecule has 0 saturated heterocycles. The van der Waals surface area contributed by atoms with Gasteiger partial charge in [0.1, 0.15) is 0 Å². The molecule has 0 bridgehead atoms. The summed E-state index contributed by atoms with van der Waals surface area (Å²) in [5, 5.41) is 11.7. The largest absolute Gasteiger partial charge is 0.388 e. The molecule has 25 heavy (non-hydrogen) atoms. The highest BCUT2D eigenvalue weighted by atomic mass is 32.2. The van der Waals surface area contributed by atoms with E-state index in [2.05, 4.69) is 69.3 Å². The molecule has 0 aromatic heterocycles. The van der Waals surface area contributed by atoms with Gasteiger partial charge in [0.15, 0.2) is 0 Å². The predicted molar refractivity (Wildman–Crippen MR) is 108 cm³/mol. The van der Waals surface area contributed by atoms with Gasteiger partial charge in [-0.15, -0.1) is 11.8 Å². The third-order valence-corrected chi connectivity index (χ3v) is 7.15. The van der Waals surface area contributed by atoms with Gasteiger partial charge in [-0.05, 0) is 54.7 Å². The number of benzene rings is 2. The Hall–Kier alpha value is -1.25. The Balaban J connectivity index is 1.84. The normalized spacial score (nSPS) is 25.5. The summed E-state index contributed by atoms with van der Waals surface area (Å²) in [7, 11) is 0. The molecule has 1 aliphatic rings. The van der Waals surface area contributed by atoms with Crippen molar-refractivity contribution in [3.05, 3.63) is 66.2 Å². The van der Waals surface area contributed by atoms with E-state index in [4.69, 9.17) is 0 Å². The van der Waals surface area contributed by atoms with Crippen molar-refractivity contribution in [1.29, 1.82) is 0 Å². The maximum Gasteiger partial charge on any atom is 0.0810 e. The molecule has 3 rings (SSSR count). The average molecular weight is 355 g/mol. The first-order valence-corrected chi connectivity index (χ1v) is 10.3. The van der Waals surface area contributed by atoms with Gasteiger partial charge in [-0.25, -0.2) is 0 Å². The van der Waals surface area contributed by atoms with E-state index in [-0.39, 0.29) is 5.25 Å². The van der Waals surface area contributed by atoms with Crippen molar-refractivity contribution in [2.45, 2.75) is 62.2 Å². The van der Waals surface area contributed by atoms with Crippen LogP contribution in [0.15, 0.2) is 65.6 Å². The molecule has 0 unspecified atom stereocenters. The Labute approximate surface area is 156 Å². The molecule has 1 aliphatic carbocycles. The number of rotatable bonds is 4. The molecule has 0 aliphatic heterocycles.